The van der Waals surface area contributed by atoms with E-state index in [9.17, 15) is 0 Å². The average Bonchev–Trinajstić information content (AvgIpc) is 2.63. The fraction of sp³-hybridized carbons (Fsp3) is 0.500. The van der Waals surface area contributed by atoms with Crippen LogP contribution in [0.5, 0.6) is 0 Å². The summed E-state index contributed by atoms with van der Waals surface area (Å²) in [7, 11) is 0. The van der Waals surface area contributed by atoms with Crippen LogP contribution in [0.1, 0.15) is 50.9 Å². The Labute approximate surface area is 89.9 Å². The summed E-state index contributed by atoms with van der Waals surface area (Å²) in [5, 5.41) is 11.1. The minimum absolute atomic E-state index is 0.414. The fourth-order valence-corrected chi connectivity index (χ4v) is 1.86. The topological polar surface area (TPSA) is 41.6 Å². The molecule has 0 unspecified atom stereocenters. The molecule has 80 valence electrons. The number of nitrogens with one attached hydrogen (secondary N) is 1. The molecule has 15 heavy (non-hydrogen) atoms. The van der Waals surface area contributed by atoms with Crippen molar-refractivity contribution in [3.05, 3.63) is 23.8 Å². The largest absolute Gasteiger partial charge is 0.366 e. The highest BCUT2D eigenvalue weighted by molar-refractivity contribution is 5.86. The second-order valence-corrected chi connectivity index (χ2v) is 4.56. The number of hydrogen-bond acceptors (Lipinski definition) is 2. The fourth-order valence-electron chi connectivity index (χ4n) is 1.86. The van der Waals surface area contributed by atoms with E-state index in [-0.39, 0.29) is 0 Å². The van der Waals surface area contributed by atoms with E-state index in [1.54, 1.807) is 0 Å². The molecule has 0 aliphatic heterocycles. The minimum Gasteiger partial charge on any atom is -0.366 e. The molecule has 1 N–H and O–H groups in total. The van der Waals surface area contributed by atoms with Gasteiger partial charge in [0, 0.05) is 23.2 Å². The Bertz CT molecular complexity index is 427. The van der Waals surface area contributed by atoms with Gasteiger partial charge in [0.25, 0.3) is 0 Å². The Balaban J connectivity index is 2.71. The van der Waals surface area contributed by atoms with Crippen LogP contribution in [0.4, 0.5) is 0 Å². The van der Waals surface area contributed by atoms with Gasteiger partial charge in [-0.2, -0.15) is 10.2 Å². The summed E-state index contributed by atoms with van der Waals surface area (Å²) in [5.74, 6) is 0.828. The molecule has 2 heterocycles. The summed E-state index contributed by atoms with van der Waals surface area (Å²) in [6.45, 7) is 8.58. The summed E-state index contributed by atoms with van der Waals surface area (Å²) in [4.78, 5) is 3.15. The minimum atomic E-state index is 0.414. The number of nitrogens with zero attached hydrogens (tertiary/aromatic N) is 2. The molecule has 0 saturated carbocycles. The molecule has 2 rings (SSSR count). The van der Waals surface area contributed by atoms with Gasteiger partial charge in [-0.05, 0) is 11.8 Å². The van der Waals surface area contributed by atoms with Crippen molar-refractivity contribution in [2.45, 2.75) is 39.5 Å². The van der Waals surface area contributed by atoms with Crippen LogP contribution in [0, 0.1) is 0 Å². The van der Waals surface area contributed by atoms with E-state index in [0.717, 1.165) is 11.4 Å². The number of aromatic nitrogens is 3. The number of fused-ring (bicyclic) bond motifs is 1. The first kappa shape index (κ1) is 10.1. The Hall–Kier alpha value is -1.38. The number of hydrogen-bond donors (Lipinski definition) is 1. The highest BCUT2D eigenvalue weighted by Gasteiger charge is 2.14. The van der Waals surface area contributed by atoms with E-state index in [1.807, 2.05) is 12.4 Å². The van der Waals surface area contributed by atoms with Crippen LogP contribution < -0.4 is 0 Å². The lowest BCUT2D eigenvalue weighted by Crippen LogP contribution is -2.01. The molecular weight excluding hydrogens is 186 g/mol. The third kappa shape index (κ3) is 1.62. The van der Waals surface area contributed by atoms with Crippen molar-refractivity contribution >= 4 is 10.8 Å². The average molecular weight is 203 g/mol. The van der Waals surface area contributed by atoms with Crippen molar-refractivity contribution in [3.8, 4) is 0 Å². The zero-order valence-electron chi connectivity index (χ0n) is 9.70. The molecule has 0 bridgehead atoms. The van der Waals surface area contributed by atoms with E-state index < -0.39 is 0 Å². The lowest BCUT2D eigenvalue weighted by molar-refractivity contribution is 0.751. The molecule has 0 aliphatic carbocycles. The predicted molar refractivity (Wildman–Crippen MR) is 62.1 cm³/mol. The van der Waals surface area contributed by atoms with Gasteiger partial charge in [0.15, 0.2) is 0 Å². The molecule has 0 spiro atoms. The van der Waals surface area contributed by atoms with Crippen LogP contribution >= 0.6 is 0 Å². The second kappa shape index (κ2) is 3.65. The Morgan fingerprint density at radius 1 is 0.867 bits per heavy atom. The van der Waals surface area contributed by atoms with Crippen molar-refractivity contribution in [1.29, 1.82) is 0 Å². The molecule has 0 atom stereocenters. The van der Waals surface area contributed by atoms with Crippen molar-refractivity contribution in [3.63, 3.8) is 0 Å². The van der Waals surface area contributed by atoms with Crippen molar-refractivity contribution in [1.82, 2.24) is 15.2 Å². The summed E-state index contributed by atoms with van der Waals surface area (Å²) >= 11 is 0. The lowest BCUT2D eigenvalue weighted by Gasteiger charge is -2.09. The smallest absolute Gasteiger partial charge is 0.0750 e. The van der Waals surface area contributed by atoms with Crippen LogP contribution in [0.2, 0.25) is 0 Å². The zero-order chi connectivity index (χ0) is 11.0. The molecule has 3 nitrogen and oxygen atoms in total. The lowest BCUT2D eigenvalue weighted by atomic mass is 10.0. The first-order valence-corrected chi connectivity index (χ1v) is 5.44. The first-order chi connectivity index (χ1) is 7.11. The van der Waals surface area contributed by atoms with Crippen molar-refractivity contribution in [2.75, 3.05) is 0 Å². The Morgan fingerprint density at radius 2 is 1.27 bits per heavy atom. The van der Waals surface area contributed by atoms with E-state index in [4.69, 9.17) is 0 Å². The van der Waals surface area contributed by atoms with Crippen LogP contribution in [0.3, 0.4) is 0 Å². The molecule has 0 saturated heterocycles. The highest BCUT2D eigenvalue weighted by Crippen LogP contribution is 2.27. The van der Waals surface area contributed by atoms with Gasteiger partial charge in [0.1, 0.15) is 0 Å². The Kier molecular flexibility index (Phi) is 2.47. The number of H-pyrrole nitrogens is 1. The third-order valence-electron chi connectivity index (χ3n) is 2.66. The quantitative estimate of drug-likeness (QED) is 0.814. The van der Waals surface area contributed by atoms with Gasteiger partial charge in [-0.25, -0.2) is 0 Å². The van der Waals surface area contributed by atoms with E-state index in [1.165, 1.54) is 10.8 Å². The van der Waals surface area contributed by atoms with Gasteiger partial charge in [0.05, 0.1) is 11.4 Å². The maximum atomic E-state index is 4.33. The SMILES string of the molecule is CC(C)c1nnc(C(C)C)c2c[nH]cc12. The monoisotopic (exact) mass is 203 g/mol. The summed E-state index contributed by atoms with van der Waals surface area (Å²) in [6.07, 6.45) is 4.04. The molecule has 0 amide bonds. The maximum absolute atomic E-state index is 4.33. The van der Waals surface area contributed by atoms with Gasteiger partial charge < -0.3 is 4.98 Å². The third-order valence-corrected chi connectivity index (χ3v) is 2.66. The van der Waals surface area contributed by atoms with Crippen LogP contribution in [0.25, 0.3) is 10.8 Å². The number of rotatable bonds is 2. The molecule has 3 heteroatoms. The second-order valence-electron chi connectivity index (χ2n) is 4.56. The standard InChI is InChI=1S/C12H17N3/c1-7(2)11-9-5-13-6-10(9)12(8(3)4)15-14-11/h5-8,13H,1-4H3. The predicted octanol–water partition coefficient (Wildman–Crippen LogP) is 3.20. The van der Waals surface area contributed by atoms with Gasteiger partial charge >= 0.3 is 0 Å². The first-order valence-electron chi connectivity index (χ1n) is 5.44. The zero-order valence-corrected chi connectivity index (χ0v) is 9.70. The normalized spacial score (nSPS) is 11.9. The molecule has 0 aliphatic rings. The van der Waals surface area contributed by atoms with Crippen molar-refractivity contribution < 1.29 is 0 Å². The highest BCUT2D eigenvalue weighted by atomic mass is 15.1. The Morgan fingerprint density at radius 3 is 1.60 bits per heavy atom. The van der Waals surface area contributed by atoms with Gasteiger partial charge in [-0.15, -0.1) is 0 Å². The summed E-state index contributed by atoms with van der Waals surface area (Å²) in [6, 6.07) is 0. The van der Waals surface area contributed by atoms with Gasteiger partial charge in [-0.1, -0.05) is 27.7 Å². The van der Waals surface area contributed by atoms with E-state index in [0.29, 0.717) is 11.8 Å². The summed E-state index contributed by atoms with van der Waals surface area (Å²) in [5.41, 5.74) is 2.16. The van der Waals surface area contributed by atoms with E-state index >= 15 is 0 Å². The van der Waals surface area contributed by atoms with Gasteiger partial charge in [0.2, 0.25) is 0 Å². The molecule has 0 fully saturated rings. The van der Waals surface area contributed by atoms with Gasteiger partial charge in [-0.3, -0.25) is 0 Å². The van der Waals surface area contributed by atoms with E-state index in [2.05, 4.69) is 42.9 Å². The molecule has 2 aromatic heterocycles. The maximum Gasteiger partial charge on any atom is 0.0750 e. The molecule has 0 aromatic carbocycles. The van der Waals surface area contributed by atoms with Crippen LogP contribution in [0.15, 0.2) is 12.4 Å². The summed E-state index contributed by atoms with van der Waals surface area (Å²) < 4.78 is 0. The molecule has 2 aromatic rings. The van der Waals surface area contributed by atoms with Crippen LogP contribution in [-0.2, 0) is 0 Å². The molecule has 0 radical (unpaired) electrons. The van der Waals surface area contributed by atoms with Crippen LogP contribution in [-0.4, -0.2) is 15.2 Å². The number of aromatic amines is 1. The molecular formula is C12H17N3. The van der Waals surface area contributed by atoms with Crippen molar-refractivity contribution in [2.24, 2.45) is 0 Å².